The average Bonchev–Trinajstić information content (AvgIpc) is 2.65. The number of ether oxygens (including phenoxy) is 1. The van der Waals surface area contributed by atoms with E-state index in [-0.39, 0.29) is 6.04 Å². The molecule has 3 N–H and O–H groups in total. The lowest BCUT2D eigenvalue weighted by Gasteiger charge is -2.21. The number of primary sulfonamides is 1. The topological polar surface area (TPSA) is 116 Å². The maximum Gasteiger partial charge on any atom is 0.341 e. The van der Waals surface area contributed by atoms with Crippen molar-refractivity contribution in [3.05, 3.63) is 65.5 Å². The van der Waals surface area contributed by atoms with Gasteiger partial charge in [-0.25, -0.2) is 22.7 Å². The van der Waals surface area contributed by atoms with Crippen molar-refractivity contribution in [1.29, 1.82) is 0 Å². The van der Waals surface area contributed by atoms with E-state index in [4.69, 9.17) is 9.88 Å². The van der Waals surface area contributed by atoms with Gasteiger partial charge in [0.15, 0.2) is 6.61 Å². The van der Waals surface area contributed by atoms with Crippen molar-refractivity contribution < 1.29 is 27.1 Å². The van der Waals surface area contributed by atoms with Gasteiger partial charge in [-0.2, -0.15) is 0 Å². The van der Waals surface area contributed by atoms with Crippen molar-refractivity contribution in [2.75, 3.05) is 6.61 Å². The number of halogens is 1. The molecule has 1 atom stereocenters. The highest BCUT2D eigenvalue weighted by Gasteiger charge is 2.20. The van der Waals surface area contributed by atoms with Crippen LogP contribution in [0.4, 0.5) is 4.39 Å². The molecule has 2 aromatic carbocycles. The zero-order valence-corrected chi connectivity index (χ0v) is 16.9. The van der Waals surface area contributed by atoms with Crippen molar-refractivity contribution in [3.8, 4) is 0 Å². The number of nitrogens with two attached hydrogens (primary N) is 1. The normalized spacial score (nSPS) is 12.4. The predicted molar refractivity (Wildman–Crippen MR) is 105 cm³/mol. The van der Waals surface area contributed by atoms with E-state index in [0.29, 0.717) is 12.3 Å². The fourth-order valence-corrected chi connectivity index (χ4v) is 3.26. The molecule has 0 saturated heterocycles. The summed E-state index contributed by atoms with van der Waals surface area (Å²) in [5.41, 5.74) is 0.291. The average molecular weight is 422 g/mol. The van der Waals surface area contributed by atoms with Crippen LogP contribution >= 0.6 is 0 Å². The summed E-state index contributed by atoms with van der Waals surface area (Å²) < 4.78 is 41.5. The second-order valence-corrected chi connectivity index (χ2v) is 8.48. The Bertz CT molecular complexity index is 978. The van der Waals surface area contributed by atoms with Crippen molar-refractivity contribution in [3.63, 3.8) is 0 Å². The summed E-state index contributed by atoms with van der Waals surface area (Å²) in [7, 11) is -4.12. The summed E-state index contributed by atoms with van der Waals surface area (Å²) in [6.07, 6.45) is 0.675. The number of hydrogen-bond donors (Lipinski definition) is 2. The van der Waals surface area contributed by atoms with Crippen LogP contribution in [-0.4, -0.2) is 26.9 Å². The molecular weight excluding hydrogens is 399 g/mol. The third kappa shape index (κ3) is 6.65. The van der Waals surface area contributed by atoms with Gasteiger partial charge in [0.2, 0.25) is 10.0 Å². The predicted octanol–water partition coefficient (Wildman–Crippen LogP) is 2.53. The van der Waals surface area contributed by atoms with Crippen LogP contribution in [-0.2, 0) is 19.6 Å². The van der Waals surface area contributed by atoms with Gasteiger partial charge in [0, 0.05) is 0 Å². The number of carbonyl (C=O) groups excluding carboxylic acids is 2. The van der Waals surface area contributed by atoms with Crippen LogP contribution in [0.25, 0.3) is 0 Å². The van der Waals surface area contributed by atoms with Crippen molar-refractivity contribution in [2.24, 2.45) is 11.1 Å². The number of nitrogens with one attached hydrogen (secondary N) is 1. The number of benzene rings is 2. The zero-order valence-electron chi connectivity index (χ0n) is 16.1. The molecule has 0 aromatic heterocycles. The molecular formula is C20H23FN2O5S. The summed E-state index contributed by atoms with van der Waals surface area (Å²) in [6.45, 7) is 3.39. The number of amides is 1. The summed E-state index contributed by atoms with van der Waals surface area (Å²) >= 11 is 0. The van der Waals surface area contributed by atoms with Gasteiger partial charge in [-0.3, -0.25) is 4.79 Å². The van der Waals surface area contributed by atoms with E-state index in [1.54, 1.807) is 0 Å². The number of esters is 1. The lowest BCUT2D eigenvalue weighted by Crippen LogP contribution is -2.33. The molecule has 0 radical (unpaired) electrons. The lowest BCUT2D eigenvalue weighted by molar-refractivity contribution is -0.125. The summed E-state index contributed by atoms with van der Waals surface area (Å²) in [4.78, 5) is 23.9. The second kappa shape index (κ2) is 9.62. The molecule has 2 aromatic rings. The maximum atomic E-state index is 13.9. The van der Waals surface area contributed by atoms with Gasteiger partial charge >= 0.3 is 5.97 Å². The smallest absolute Gasteiger partial charge is 0.341 e. The van der Waals surface area contributed by atoms with Gasteiger partial charge in [-0.05, 0) is 36.1 Å². The molecule has 7 nitrogen and oxygen atoms in total. The molecule has 0 heterocycles. The van der Waals surface area contributed by atoms with Crippen LogP contribution in [0.2, 0.25) is 0 Å². The molecule has 0 spiro atoms. The van der Waals surface area contributed by atoms with Crippen LogP contribution in [0, 0.1) is 11.7 Å². The molecule has 0 unspecified atom stereocenters. The Labute approximate surface area is 169 Å². The third-order valence-corrected chi connectivity index (χ3v) is 4.98. The monoisotopic (exact) mass is 422 g/mol. The first-order valence-electron chi connectivity index (χ1n) is 8.91. The van der Waals surface area contributed by atoms with Gasteiger partial charge in [0.05, 0.1) is 16.5 Å². The number of sulfonamides is 1. The molecule has 29 heavy (non-hydrogen) atoms. The standard InChI is InChI=1S/C20H23FN2O5S/c1-13(2)10-18(14-6-4-3-5-7-14)23-19(24)12-28-20(25)16-11-15(29(22,26)27)8-9-17(16)21/h3-9,11,13,18H,10,12H2,1-2H3,(H,23,24)(H2,22,26,27)/t18-/m0/s1. The molecule has 2 rings (SSSR count). The van der Waals surface area contributed by atoms with Crippen molar-refractivity contribution >= 4 is 21.9 Å². The number of carbonyl (C=O) groups is 2. The second-order valence-electron chi connectivity index (χ2n) is 6.92. The van der Waals surface area contributed by atoms with Crippen LogP contribution in [0.5, 0.6) is 0 Å². The summed E-state index contributed by atoms with van der Waals surface area (Å²) in [5.74, 6) is -2.40. The molecule has 0 fully saturated rings. The van der Waals surface area contributed by atoms with Crippen molar-refractivity contribution in [2.45, 2.75) is 31.2 Å². The highest BCUT2D eigenvalue weighted by molar-refractivity contribution is 7.89. The molecule has 0 aliphatic carbocycles. The first kappa shape index (κ1) is 22.5. The Morgan fingerprint density at radius 2 is 1.79 bits per heavy atom. The molecule has 1 amide bonds. The largest absolute Gasteiger partial charge is 0.452 e. The number of rotatable bonds is 8. The van der Waals surface area contributed by atoms with E-state index < -0.39 is 44.8 Å². The minimum Gasteiger partial charge on any atom is -0.452 e. The first-order valence-corrected chi connectivity index (χ1v) is 10.5. The van der Waals surface area contributed by atoms with E-state index in [9.17, 15) is 22.4 Å². The molecule has 0 bridgehead atoms. The minimum atomic E-state index is -4.12. The summed E-state index contributed by atoms with van der Waals surface area (Å²) in [5, 5.41) is 7.78. The van der Waals surface area contributed by atoms with E-state index in [1.807, 2.05) is 44.2 Å². The van der Waals surface area contributed by atoms with Crippen LogP contribution < -0.4 is 10.5 Å². The van der Waals surface area contributed by atoms with E-state index in [0.717, 1.165) is 23.8 Å². The highest BCUT2D eigenvalue weighted by atomic mass is 32.2. The fraction of sp³-hybridized carbons (Fsp3) is 0.300. The van der Waals surface area contributed by atoms with Gasteiger partial charge < -0.3 is 10.1 Å². The molecule has 0 saturated carbocycles. The lowest BCUT2D eigenvalue weighted by atomic mass is 9.97. The Morgan fingerprint density at radius 1 is 1.14 bits per heavy atom. The Kier molecular flexibility index (Phi) is 7.46. The molecule has 0 aliphatic rings. The fourth-order valence-electron chi connectivity index (χ4n) is 2.72. The zero-order chi connectivity index (χ0) is 21.6. The van der Waals surface area contributed by atoms with Gasteiger partial charge in [-0.1, -0.05) is 44.2 Å². The third-order valence-electron chi connectivity index (χ3n) is 4.06. The van der Waals surface area contributed by atoms with E-state index in [2.05, 4.69) is 5.32 Å². The van der Waals surface area contributed by atoms with Crippen LogP contribution in [0.3, 0.4) is 0 Å². The molecule has 156 valence electrons. The Balaban J connectivity index is 2.05. The maximum absolute atomic E-state index is 13.9. The van der Waals surface area contributed by atoms with E-state index >= 15 is 0 Å². The van der Waals surface area contributed by atoms with Gasteiger partial charge in [0.1, 0.15) is 5.82 Å². The van der Waals surface area contributed by atoms with Crippen LogP contribution in [0.1, 0.15) is 42.2 Å². The summed E-state index contributed by atoms with van der Waals surface area (Å²) in [6, 6.07) is 11.6. The SMILES string of the molecule is CC(C)C[C@H](NC(=O)COC(=O)c1cc(S(N)(=O)=O)ccc1F)c1ccccc1. The number of hydrogen-bond acceptors (Lipinski definition) is 5. The first-order chi connectivity index (χ1) is 13.6. The van der Waals surface area contributed by atoms with Crippen molar-refractivity contribution in [1.82, 2.24) is 5.32 Å². The Morgan fingerprint density at radius 3 is 2.38 bits per heavy atom. The Hall–Kier alpha value is -2.78. The van der Waals surface area contributed by atoms with Gasteiger partial charge in [0.25, 0.3) is 5.91 Å². The van der Waals surface area contributed by atoms with Gasteiger partial charge in [-0.15, -0.1) is 0 Å². The van der Waals surface area contributed by atoms with E-state index in [1.165, 1.54) is 0 Å². The minimum absolute atomic E-state index is 0.273. The quantitative estimate of drug-likeness (QED) is 0.634. The van der Waals surface area contributed by atoms with Crippen LogP contribution in [0.15, 0.2) is 53.4 Å². The highest BCUT2D eigenvalue weighted by Crippen LogP contribution is 2.21. The molecule has 9 heteroatoms. The molecule has 0 aliphatic heterocycles.